The lowest BCUT2D eigenvalue weighted by Crippen LogP contribution is -2.32. The Morgan fingerprint density at radius 1 is 1.18 bits per heavy atom. The average Bonchev–Trinajstić information content (AvgIpc) is 3.05. The predicted octanol–water partition coefficient (Wildman–Crippen LogP) is 2.57. The average molecular weight is 326 g/mol. The number of nitrogens with one attached hydrogen (secondary N) is 1. The van der Waals surface area contributed by atoms with Crippen molar-refractivity contribution in [1.82, 2.24) is 5.32 Å². The lowest BCUT2D eigenvalue weighted by Gasteiger charge is -2.10. The third kappa shape index (κ3) is 5.56. The molecule has 0 unspecified atom stereocenters. The molecule has 0 aromatic heterocycles. The summed E-state index contributed by atoms with van der Waals surface area (Å²) in [6.45, 7) is 0.461. The molecule has 1 aliphatic carbocycles. The van der Waals surface area contributed by atoms with E-state index in [2.05, 4.69) is 5.32 Å². The van der Waals surface area contributed by atoms with Gasteiger partial charge in [-0.15, -0.1) is 0 Å². The number of hydrogen-bond donors (Lipinski definition) is 1. The summed E-state index contributed by atoms with van der Waals surface area (Å²) in [6, 6.07) is 6.98. The van der Waals surface area contributed by atoms with E-state index in [1.54, 1.807) is 24.3 Å². The van der Waals surface area contributed by atoms with Crippen molar-refractivity contribution in [2.75, 3.05) is 19.8 Å². The van der Waals surface area contributed by atoms with Crippen LogP contribution in [0.3, 0.4) is 0 Å². The van der Waals surface area contributed by atoms with E-state index in [-0.39, 0.29) is 24.4 Å². The first kappa shape index (κ1) is 16.6. The van der Waals surface area contributed by atoms with Crippen molar-refractivity contribution < 1.29 is 19.1 Å². The fraction of sp³-hybridized carbons (Fsp3) is 0.500. The highest BCUT2D eigenvalue weighted by atomic mass is 35.5. The summed E-state index contributed by atoms with van der Waals surface area (Å²) < 4.78 is 10.4. The number of carbonyl (C=O) groups excluding carboxylic acids is 2. The van der Waals surface area contributed by atoms with Gasteiger partial charge in [0.1, 0.15) is 12.4 Å². The van der Waals surface area contributed by atoms with Crippen LogP contribution in [0.4, 0.5) is 0 Å². The molecule has 1 aliphatic rings. The van der Waals surface area contributed by atoms with Gasteiger partial charge in [0, 0.05) is 5.02 Å². The smallest absolute Gasteiger partial charge is 0.309 e. The monoisotopic (exact) mass is 325 g/mol. The first-order valence-corrected chi connectivity index (χ1v) is 7.84. The van der Waals surface area contributed by atoms with Gasteiger partial charge in [0.15, 0.2) is 6.61 Å². The standard InChI is InChI=1S/C16H20ClNO4/c17-13-5-7-14(8-6-13)21-10-9-18-15(19)11-22-16(20)12-3-1-2-4-12/h5-8,12H,1-4,9-11H2,(H,18,19). The van der Waals surface area contributed by atoms with Crippen LogP contribution in [0.1, 0.15) is 25.7 Å². The van der Waals surface area contributed by atoms with Gasteiger partial charge in [-0.2, -0.15) is 0 Å². The minimum absolute atomic E-state index is 0.0268. The molecule has 0 spiro atoms. The molecule has 0 aliphatic heterocycles. The summed E-state index contributed by atoms with van der Waals surface area (Å²) in [5.74, 6) is 0.0865. The molecule has 1 saturated carbocycles. The molecule has 2 rings (SSSR count). The van der Waals surface area contributed by atoms with Crippen LogP contribution in [0.15, 0.2) is 24.3 Å². The molecule has 0 radical (unpaired) electrons. The number of ether oxygens (including phenoxy) is 2. The molecule has 1 fully saturated rings. The van der Waals surface area contributed by atoms with E-state index >= 15 is 0 Å². The Hall–Kier alpha value is -1.75. The van der Waals surface area contributed by atoms with Gasteiger partial charge in [-0.25, -0.2) is 0 Å². The van der Waals surface area contributed by atoms with Gasteiger partial charge in [0.2, 0.25) is 0 Å². The molecular formula is C16H20ClNO4. The van der Waals surface area contributed by atoms with E-state index in [4.69, 9.17) is 21.1 Å². The zero-order valence-corrected chi connectivity index (χ0v) is 13.1. The second kappa shape index (κ2) is 8.63. The first-order valence-electron chi connectivity index (χ1n) is 7.47. The van der Waals surface area contributed by atoms with Crippen LogP contribution < -0.4 is 10.1 Å². The van der Waals surface area contributed by atoms with Crippen LogP contribution in [-0.2, 0) is 14.3 Å². The minimum atomic E-state index is -0.314. The normalized spacial score (nSPS) is 14.6. The lowest BCUT2D eigenvalue weighted by atomic mass is 10.1. The van der Waals surface area contributed by atoms with E-state index in [1.807, 2.05) is 0 Å². The van der Waals surface area contributed by atoms with E-state index in [1.165, 1.54) is 0 Å². The van der Waals surface area contributed by atoms with Crippen LogP contribution in [0.2, 0.25) is 5.02 Å². The van der Waals surface area contributed by atoms with Crippen LogP contribution in [0, 0.1) is 5.92 Å². The maximum Gasteiger partial charge on any atom is 0.309 e. The maximum absolute atomic E-state index is 11.7. The van der Waals surface area contributed by atoms with Crippen molar-refractivity contribution >= 4 is 23.5 Å². The van der Waals surface area contributed by atoms with Crippen molar-refractivity contribution in [1.29, 1.82) is 0 Å². The lowest BCUT2D eigenvalue weighted by molar-refractivity contribution is -0.152. The second-order valence-electron chi connectivity index (χ2n) is 5.24. The van der Waals surface area contributed by atoms with Crippen LogP contribution in [-0.4, -0.2) is 31.6 Å². The Morgan fingerprint density at radius 3 is 2.55 bits per heavy atom. The van der Waals surface area contributed by atoms with Gasteiger partial charge < -0.3 is 14.8 Å². The van der Waals surface area contributed by atoms with Crippen molar-refractivity contribution in [2.24, 2.45) is 5.92 Å². The van der Waals surface area contributed by atoms with Gasteiger partial charge in [-0.1, -0.05) is 24.4 Å². The molecule has 0 atom stereocenters. The Kier molecular flexibility index (Phi) is 6.52. The molecule has 0 heterocycles. The zero-order chi connectivity index (χ0) is 15.8. The molecular weight excluding hydrogens is 306 g/mol. The molecule has 22 heavy (non-hydrogen) atoms. The van der Waals surface area contributed by atoms with Gasteiger partial charge in [-0.3, -0.25) is 9.59 Å². The number of benzene rings is 1. The summed E-state index contributed by atoms with van der Waals surface area (Å²) in [6.07, 6.45) is 3.87. The second-order valence-corrected chi connectivity index (χ2v) is 5.68. The molecule has 6 heteroatoms. The minimum Gasteiger partial charge on any atom is -0.492 e. The fourth-order valence-corrected chi connectivity index (χ4v) is 2.48. The van der Waals surface area contributed by atoms with Crippen molar-refractivity contribution in [3.63, 3.8) is 0 Å². The SMILES string of the molecule is O=C(COC(=O)C1CCCC1)NCCOc1ccc(Cl)cc1. The summed E-state index contributed by atoms with van der Waals surface area (Å²) in [5.41, 5.74) is 0. The number of carbonyl (C=O) groups is 2. The van der Waals surface area contributed by atoms with Crippen molar-refractivity contribution in [2.45, 2.75) is 25.7 Å². The van der Waals surface area contributed by atoms with Gasteiger partial charge in [0.25, 0.3) is 5.91 Å². The van der Waals surface area contributed by atoms with Crippen molar-refractivity contribution in [3.05, 3.63) is 29.3 Å². The van der Waals surface area contributed by atoms with Crippen molar-refractivity contribution in [3.8, 4) is 5.75 Å². The van der Waals surface area contributed by atoms with Gasteiger partial charge >= 0.3 is 5.97 Å². The van der Waals surface area contributed by atoms with E-state index in [0.717, 1.165) is 25.7 Å². The van der Waals surface area contributed by atoms with Crippen LogP contribution in [0.25, 0.3) is 0 Å². The van der Waals surface area contributed by atoms with Gasteiger partial charge in [0.05, 0.1) is 12.5 Å². The third-order valence-corrected chi connectivity index (χ3v) is 3.79. The maximum atomic E-state index is 11.7. The summed E-state index contributed by atoms with van der Waals surface area (Å²) in [4.78, 5) is 23.2. The molecule has 120 valence electrons. The predicted molar refractivity (Wildman–Crippen MR) is 82.9 cm³/mol. The van der Waals surface area contributed by atoms with E-state index in [0.29, 0.717) is 23.9 Å². The topological polar surface area (TPSA) is 64.6 Å². The molecule has 0 saturated heterocycles. The largest absolute Gasteiger partial charge is 0.492 e. The van der Waals surface area contributed by atoms with Gasteiger partial charge in [-0.05, 0) is 37.1 Å². The Bertz CT molecular complexity index is 497. The van der Waals surface area contributed by atoms with Crippen LogP contribution in [0.5, 0.6) is 5.75 Å². The molecule has 1 aromatic carbocycles. The van der Waals surface area contributed by atoms with E-state index in [9.17, 15) is 9.59 Å². The zero-order valence-electron chi connectivity index (χ0n) is 12.3. The molecule has 5 nitrogen and oxygen atoms in total. The number of hydrogen-bond acceptors (Lipinski definition) is 4. The molecule has 0 bridgehead atoms. The first-order chi connectivity index (χ1) is 10.6. The third-order valence-electron chi connectivity index (χ3n) is 3.54. The summed E-state index contributed by atoms with van der Waals surface area (Å²) in [5, 5.41) is 3.29. The number of halogens is 1. The summed E-state index contributed by atoms with van der Waals surface area (Å²) in [7, 11) is 0. The number of rotatable bonds is 7. The quantitative estimate of drug-likeness (QED) is 0.618. The fourth-order valence-electron chi connectivity index (χ4n) is 2.36. The Morgan fingerprint density at radius 2 is 1.86 bits per heavy atom. The highest BCUT2D eigenvalue weighted by molar-refractivity contribution is 6.30. The van der Waals surface area contributed by atoms with Crippen LogP contribution >= 0.6 is 11.6 Å². The Balaban J connectivity index is 1.55. The molecule has 1 aromatic rings. The highest BCUT2D eigenvalue weighted by Crippen LogP contribution is 2.25. The van der Waals surface area contributed by atoms with E-state index < -0.39 is 0 Å². The number of amides is 1. The summed E-state index contributed by atoms with van der Waals surface area (Å²) >= 11 is 5.77. The highest BCUT2D eigenvalue weighted by Gasteiger charge is 2.24. The molecule has 1 amide bonds. The molecule has 1 N–H and O–H groups in total. The Labute approximate surface area is 134 Å². The number of esters is 1.